The molecule has 12 heavy (non-hydrogen) atoms. The third kappa shape index (κ3) is 6.12. The summed E-state index contributed by atoms with van der Waals surface area (Å²) in [6.45, 7) is 6.47. The highest BCUT2D eigenvalue weighted by atomic mass is 32.1. The first-order chi connectivity index (χ1) is 5.70. The minimum absolute atomic E-state index is 0.180. The van der Waals surface area contributed by atoms with Crippen molar-refractivity contribution >= 4 is 17.3 Å². The van der Waals surface area contributed by atoms with Gasteiger partial charge in [-0.15, -0.1) is 6.58 Å². The molecule has 0 rings (SSSR count). The zero-order valence-corrected chi connectivity index (χ0v) is 8.16. The second-order valence-corrected chi connectivity index (χ2v) is 2.91. The van der Waals surface area contributed by atoms with Gasteiger partial charge in [0, 0.05) is 19.2 Å². The van der Waals surface area contributed by atoms with Crippen LogP contribution in [-0.2, 0) is 0 Å². The fraction of sp³-hybridized carbons (Fsp3) is 0.625. The quantitative estimate of drug-likeness (QED) is 0.332. The molecule has 70 valence electrons. The van der Waals surface area contributed by atoms with Crippen molar-refractivity contribution in [2.45, 2.75) is 19.4 Å². The van der Waals surface area contributed by atoms with E-state index in [0.29, 0.717) is 18.1 Å². The summed E-state index contributed by atoms with van der Waals surface area (Å²) in [5.41, 5.74) is 0. The first kappa shape index (κ1) is 11.4. The van der Waals surface area contributed by atoms with Crippen molar-refractivity contribution in [2.75, 3.05) is 13.2 Å². The molecule has 0 saturated heterocycles. The van der Waals surface area contributed by atoms with Crippen molar-refractivity contribution in [2.24, 2.45) is 0 Å². The summed E-state index contributed by atoms with van der Waals surface area (Å²) in [5, 5.41) is 15.1. The minimum atomic E-state index is 0.180. The van der Waals surface area contributed by atoms with Crippen LogP contribution in [0.3, 0.4) is 0 Å². The van der Waals surface area contributed by atoms with Crippen LogP contribution in [0.4, 0.5) is 0 Å². The first-order valence-corrected chi connectivity index (χ1v) is 4.39. The SMILES string of the molecule is C=CC(C)NC(=S)NCCCO. The van der Waals surface area contributed by atoms with Gasteiger partial charge in [0.25, 0.3) is 0 Å². The van der Waals surface area contributed by atoms with E-state index in [1.54, 1.807) is 6.08 Å². The lowest BCUT2D eigenvalue weighted by atomic mass is 10.3. The molecule has 0 fully saturated rings. The van der Waals surface area contributed by atoms with Gasteiger partial charge in [-0.1, -0.05) is 6.08 Å². The zero-order chi connectivity index (χ0) is 9.40. The Labute approximate surface area is 78.9 Å². The van der Waals surface area contributed by atoms with Gasteiger partial charge in [0.2, 0.25) is 0 Å². The van der Waals surface area contributed by atoms with Crippen LogP contribution in [0.1, 0.15) is 13.3 Å². The van der Waals surface area contributed by atoms with Crippen molar-refractivity contribution in [1.82, 2.24) is 10.6 Å². The number of aliphatic hydroxyl groups excluding tert-OH is 1. The average Bonchev–Trinajstić information content (AvgIpc) is 2.05. The number of hydrogen-bond acceptors (Lipinski definition) is 2. The van der Waals surface area contributed by atoms with E-state index in [4.69, 9.17) is 17.3 Å². The second kappa shape index (κ2) is 7.06. The molecule has 0 saturated carbocycles. The van der Waals surface area contributed by atoms with Gasteiger partial charge in [-0.2, -0.15) is 0 Å². The maximum Gasteiger partial charge on any atom is 0.166 e. The van der Waals surface area contributed by atoms with Gasteiger partial charge in [-0.3, -0.25) is 0 Å². The molecule has 1 unspecified atom stereocenters. The van der Waals surface area contributed by atoms with Crippen LogP contribution in [0.2, 0.25) is 0 Å². The first-order valence-electron chi connectivity index (χ1n) is 3.98. The molecule has 0 aliphatic carbocycles. The summed E-state index contributed by atoms with van der Waals surface area (Å²) >= 11 is 4.96. The van der Waals surface area contributed by atoms with Gasteiger partial charge in [-0.25, -0.2) is 0 Å². The molecule has 0 aromatic heterocycles. The average molecular weight is 188 g/mol. The minimum Gasteiger partial charge on any atom is -0.396 e. The number of nitrogens with one attached hydrogen (secondary N) is 2. The maximum absolute atomic E-state index is 8.49. The summed E-state index contributed by atoms with van der Waals surface area (Å²) in [6, 6.07) is 0.180. The Balaban J connectivity index is 3.39. The van der Waals surface area contributed by atoms with Crippen molar-refractivity contribution < 1.29 is 5.11 Å². The van der Waals surface area contributed by atoms with Crippen LogP contribution in [0.15, 0.2) is 12.7 Å². The van der Waals surface area contributed by atoms with Crippen LogP contribution in [-0.4, -0.2) is 29.4 Å². The van der Waals surface area contributed by atoms with E-state index < -0.39 is 0 Å². The van der Waals surface area contributed by atoms with Gasteiger partial charge < -0.3 is 15.7 Å². The summed E-state index contributed by atoms with van der Waals surface area (Å²) < 4.78 is 0. The van der Waals surface area contributed by atoms with Gasteiger partial charge in [0.15, 0.2) is 5.11 Å². The highest BCUT2D eigenvalue weighted by molar-refractivity contribution is 7.80. The molecule has 3 N–H and O–H groups in total. The van der Waals surface area contributed by atoms with Crippen molar-refractivity contribution in [1.29, 1.82) is 0 Å². The third-order valence-electron chi connectivity index (χ3n) is 1.33. The van der Waals surface area contributed by atoms with Gasteiger partial charge in [-0.05, 0) is 25.6 Å². The molecular weight excluding hydrogens is 172 g/mol. The molecule has 0 aliphatic rings. The standard InChI is InChI=1S/C8H16N2OS/c1-3-7(2)10-8(12)9-5-4-6-11/h3,7,11H,1,4-6H2,2H3,(H2,9,10,12). The lowest BCUT2D eigenvalue weighted by Gasteiger charge is -2.12. The van der Waals surface area contributed by atoms with E-state index in [1.165, 1.54) is 0 Å². The van der Waals surface area contributed by atoms with Crippen LogP contribution in [0, 0.1) is 0 Å². The van der Waals surface area contributed by atoms with E-state index >= 15 is 0 Å². The van der Waals surface area contributed by atoms with Crippen molar-refractivity contribution in [3.8, 4) is 0 Å². The Kier molecular flexibility index (Phi) is 6.70. The summed E-state index contributed by atoms with van der Waals surface area (Å²) in [5.74, 6) is 0. The summed E-state index contributed by atoms with van der Waals surface area (Å²) in [4.78, 5) is 0. The molecule has 0 bridgehead atoms. The number of hydrogen-bond donors (Lipinski definition) is 3. The summed E-state index contributed by atoms with van der Waals surface area (Å²) in [6.07, 6.45) is 2.49. The predicted octanol–water partition coefficient (Wildman–Crippen LogP) is 0.407. The topological polar surface area (TPSA) is 44.3 Å². The fourth-order valence-electron chi connectivity index (χ4n) is 0.598. The molecule has 0 heterocycles. The fourth-order valence-corrected chi connectivity index (χ4v) is 0.886. The monoisotopic (exact) mass is 188 g/mol. The Hall–Kier alpha value is -0.610. The van der Waals surface area contributed by atoms with E-state index in [1.807, 2.05) is 6.92 Å². The van der Waals surface area contributed by atoms with E-state index in [2.05, 4.69) is 17.2 Å². The molecule has 0 radical (unpaired) electrons. The van der Waals surface area contributed by atoms with E-state index in [0.717, 1.165) is 0 Å². The van der Waals surface area contributed by atoms with Crippen LogP contribution in [0.5, 0.6) is 0 Å². The second-order valence-electron chi connectivity index (χ2n) is 2.50. The zero-order valence-electron chi connectivity index (χ0n) is 7.34. The molecule has 3 nitrogen and oxygen atoms in total. The van der Waals surface area contributed by atoms with Crippen molar-refractivity contribution in [3.05, 3.63) is 12.7 Å². The Morgan fingerprint density at radius 1 is 1.75 bits per heavy atom. The molecule has 4 heteroatoms. The lowest BCUT2D eigenvalue weighted by molar-refractivity contribution is 0.289. The predicted molar refractivity (Wildman–Crippen MR) is 55.1 cm³/mol. The molecular formula is C8H16N2OS. The molecule has 0 aromatic carbocycles. The summed E-state index contributed by atoms with van der Waals surface area (Å²) in [7, 11) is 0. The molecule has 0 aromatic rings. The van der Waals surface area contributed by atoms with Crippen LogP contribution >= 0.6 is 12.2 Å². The highest BCUT2D eigenvalue weighted by Crippen LogP contribution is 1.81. The van der Waals surface area contributed by atoms with E-state index in [9.17, 15) is 0 Å². The highest BCUT2D eigenvalue weighted by Gasteiger charge is 1.97. The van der Waals surface area contributed by atoms with Gasteiger partial charge in [0.1, 0.15) is 0 Å². The number of rotatable bonds is 5. The largest absolute Gasteiger partial charge is 0.396 e. The Morgan fingerprint density at radius 2 is 2.42 bits per heavy atom. The van der Waals surface area contributed by atoms with Gasteiger partial charge in [0.05, 0.1) is 0 Å². The van der Waals surface area contributed by atoms with Crippen LogP contribution in [0.25, 0.3) is 0 Å². The van der Waals surface area contributed by atoms with Crippen LogP contribution < -0.4 is 10.6 Å². The molecule has 0 spiro atoms. The Bertz CT molecular complexity index is 150. The lowest BCUT2D eigenvalue weighted by Crippen LogP contribution is -2.40. The molecule has 0 amide bonds. The number of aliphatic hydroxyl groups is 1. The van der Waals surface area contributed by atoms with Gasteiger partial charge >= 0.3 is 0 Å². The maximum atomic E-state index is 8.49. The third-order valence-corrected chi connectivity index (χ3v) is 1.59. The van der Waals surface area contributed by atoms with Crippen molar-refractivity contribution in [3.63, 3.8) is 0 Å². The molecule has 1 atom stereocenters. The van der Waals surface area contributed by atoms with E-state index in [-0.39, 0.29) is 12.6 Å². The normalized spacial score (nSPS) is 11.8. The number of thiocarbonyl (C=S) groups is 1. The smallest absolute Gasteiger partial charge is 0.166 e. The molecule has 0 aliphatic heterocycles. The Morgan fingerprint density at radius 3 is 2.92 bits per heavy atom.